The zero-order chi connectivity index (χ0) is 40.7. The van der Waals surface area contributed by atoms with E-state index in [0.717, 1.165) is 16.6 Å². The molecule has 0 saturated carbocycles. The molecule has 2 heterocycles. The van der Waals surface area contributed by atoms with Crippen LogP contribution in [0, 0.1) is 0 Å². The maximum absolute atomic E-state index is 4.51. The molecule has 8 aromatic rings. The van der Waals surface area contributed by atoms with Gasteiger partial charge in [0.05, 0.1) is 5.69 Å². The molecular weight excluding hydrogens is 683 g/mol. The van der Waals surface area contributed by atoms with Crippen LogP contribution in [0.3, 0.4) is 0 Å². The van der Waals surface area contributed by atoms with Gasteiger partial charge in [0.25, 0.3) is 0 Å². The summed E-state index contributed by atoms with van der Waals surface area (Å²) >= 11 is 0. The Labute approximate surface area is 334 Å². The van der Waals surface area contributed by atoms with E-state index in [9.17, 15) is 0 Å². The van der Waals surface area contributed by atoms with Gasteiger partial charge in [0, 0.05) is 43.6 Å². The number of allylic oxidation sites excluding steroid dienone is 3. The van der Waals surface area contributed by atoms with Gasteiger partial charge in [-0.05, 0) is 125 Å². The van der Waals surface area contributed by atoms with E-state index in [0.29, 0.717) is 0 Å². The van der Waals surface area contributed by atoms with E-state index in [-0.39, 0.29) is 0 Å². The summed E-state index contributed by atoms with van der Waals surface area (Å²) in [6, 6.07) is 41.6. The first-order valence-corrected chi connectivity index (χ1v) is 19.1. The lowest BCUT2D eigenvalue weighted by atomic mass is 9.86. The van der Waals surface area contributed by atoms with Gasteiger partial charge < -0.3 is 15.7 Å². The molecule has 0 spiro atoms. The van der Waals surface area contributed by atoms with Crippen LogP contribution in [0.4, 0.5) is 0 Å². The van der Waals surface area contributed by atoms with E-state index in [2.05, 4.69) is 168 Å². The van der Waals surface area contributed by atoms with Gasteiger partial charge in [0.15, 0.2) is 0 Å². The summed E-state index contributed by atoms with van der Waals surface area (Å²) in [5.41, 5.74) is 11.6. The predicted octanol–water partition coefficient (Wildman–Crippen LogP) is 13.7. The minimum absolute atomic E-state index is 0.992. The molecule has 0 atom stereocenters. The van der Waals surface area contributed by atoms with Crippen LogP contribution in [0.25, 0.3) is 76.6 Å². The molecule has 0 amide bonds. The standard InChI is InChI=1S/C36H22N2.C6H12.C3H7N.C3H6.C2H5N.CH5N/c1-2-20-38-34(6-1)24-9-7-23(8-10-24)28-15-13-25-11-12-26-14-16-31(33-18-17-32(28)35(25)36(26)33)30-5-3-4-27-22-37-21-19-29(27)30;1-3-5-6-4-2;1-3-4-2;2*1-3-2;1-2/h1-22H;5-6H,3-4H2,1-2H3;3H,1-2H3;3H,1H2,2H3;1H2,2H3;2H2,1H3/b;6-5-;;;;. The van der Waals surface area contributed by atoms with Crippen molar-refractivity contribution in [3.8, 4) is 33.5 Å². The fourth-order valence-electron chi connectivity index (χ4n) is 6.33. The summed E-state index contributed by atoms with van der Waals surface area (Å²) in [6.07, 6.45) is 15.9. The summed E-state index contributed by atoms with van der Waals surface area (Å²) in [5, 5.41) is 10.2. The number of nitrogens with zero attached hydrogens (tertiary/aromatic N) is 4. The fraction of sp³-hybridized carbons (Fsp3) is 0.176. The quantitative estimate of drug-likeness (QED) is 0.108. The SMILES string of the molecule is C=CC.C=NC.CC/C=C\CC.CC=NC.CN.c1ccc(-c2ccc(-c3ccc4ccc5ccc(-c6cccc7cnccc67)c6ccc3c4c56)cc2)nc1. The van der Waals surface area contributed by atoms with Crippen molar-refractivity contribution in [3.05, 3.63) is 159 Å². The molecule has 0 aliphatic rings. The minimum Gasteiger partial charge on any atom is -0.333 e. The Morgan fingerprint density at radius 2 is 1.11 bits per heavy atom. The van der Waals surface area contributed by atoms with Crippen molar-refractivity contribution in [2.45, 2.75) is 40.5 Å². The highest BCUT2D eigenvalue weighted by Crippen LogP contribution is 2.43. The summed E-state index contributed by atoms with van der Waals surface area (Å²) < 4.78 is 0. The van der Waals surface area contributed by atoms with Gasteiger partial charge in [0.1, 0.15) is 0 Å². The second kappa shape index (κ2) is 24.2. The van der Waals surface area contributed by atoms with Crippen LogP contribution < -0.4 is 5.73 Å². The normalized spacial score (nSPS) is 10.3. The summed E-state index contributed by atoms with van der Waals surface area (Å²) in [5.74, 6) is 0. The first kappa shape index (κ1) is 44.1. The molecule has 56 heavy (non-hydrogen) atoms. The lowest BCUT2D eigenvalue weighted by Crippen LogP contribution is -1.90. The average Bonchev–Trinajstić information content (AvgIpc) is 3.26. The first-order valence-electron chi connectivity index (χ1n) is 19.1. The predicted molar refractivity (Wildman–Crippen MR) is 251 cm³/mol. The van der Waals surface area contributed by atoms with Gasteiger partial charge >= 0.3 is 0 Å². The molecule has 0 radical (unpaired) electrons. The third kappa shape index (κ3) is 11.1. The van der Waals surface area contributed by atoms with E-state index in [1.807, 2.05) is 44.6 Å². The van der Waals surface area contributed by atoms with Crippen LogP contribution in [0.1, 0.15) is 40.5 Å². The van der Waals surface area contributed by atoms with E-state index in [4.69, 9.17) is 0 Å². The molecule has 8 rings (SSSR count). The first-order chi connectivity index (χ1) is 27.5. The largest absolute Gasteiger partial charge is 0.333 e. The van der Waals surface area contributed by atoms with Gasteiger partial charge in [0.2, 0.25) is 0 Å². The van der Waals surface area contributed by atoms with Gasteiger partial charge in [-0.15, -0.1) is 6.58 Å². The van der Waals surface area contributed by atoms with E-state index < -0.39 is 0 Å². The van der Waals surface area contributed by atoms with Gasteiger partial charge in [-0.2, -0.15) is 0 Å². The third-order valence-electron chi connectivity index (χ3n) is 8.69. The lowest BCUT2D eigenvalue weighted by molar-refractivity contribution is 1.16. The van der Waals surface area contributed by atoms with Crippen LogP contribution >= 0.6 is 0 Å². The Bertz CT molecular complexity index is 2410. The summed E-state index contributed by atoms with van der Waals surface area (Å²) in [6.45, 7) is 14.5. The smallest absolute Gasteiger partial charge is 0.0701 e. The Kier molecular flexibility index (Phi) is 19.0. The molecule has 6 aromatic carbocycles. The highest BCUT2D eigenvalue weighted by atomic mass is 14.7. The lowest BCUT2D eigenvalue weighted by Gasteiger charge is -2.17. The number of fused-ring (bicyclic) bond motifs is 1. The molecular formula is C51H57N5. The van der Waals surface area contributed by atoms with Gasteiger partial charge in [-0.3, -0.25) is 9.97 Å². The highest BCUT2D eigenvalue weighted by molar-refractivity contribution is 6.28. The molecule has 0 bridgehead atoms. The average molecular weight is 740 g/mol. The van der Waals surface area contributed by atoms with Crippen molar-refractivity contribution in [1.29, 1.82) is 0 Å². The Morgan fingerprint density at radius 3 is 1.64 bits per heavy atom. The third-order valence-corrected chi connectivity index (χ3v) is 8.69. The Balaban J connectivity index is 0.000000399. The van der Waals surface area contributed by atoms with Crippen molar-refractivity contribution >= 4 is 56.0 Å². The number of nitrogens with two attached hydrogens (primary N) is 1. The van der Waals surface area contributed by atoms with E-state index >= 15 is 0 Å². The van der Waals surface area contributed by atoms with Crippen LogP contribution in [0.5, 0.6) is 0 Å². The molecule has 0 aliphatic carbocycles. The van der Waals surface area contributed by atoms with E-state index in [1.54, 1.807) is 26.4 Å². The van der Waals surface area contributed by atoms with Crippen LogP contribution in [0.2, 0.25) is 0 Å². The monoisotopic (exact) mass is 739 g/mol. The maximum atomic E-state index is 4.51. The van der Waals surface area contributed by atoms with Gasteiger partial charge in [-0.1, -0.05) is 129 Å². The molecule has 0 saturated heterocycles. The van der Waals surface area contributed by atoms with Crippen LogP contribution in [0.15, 0.2) is 169 Å². The van der Waals surface area contributed by atoms with Crippen LogP contribution in [-0.4, -0.2) is 44.0 Å². The molecule has 2 aromatic heterocycles. The number of hydrogen-bond acceptors (Lipinski definition) is 5. The topological polar surface area (TPSA) is 76.5 Å². The Hall–Kier alpha value is -6.30. The van der Waals surface area contributed by atoms with Crippen molar-refractivity contribution in [1.82, 2.24) is 9.97 Å². The fourth-order valence-corrected chi connectivity index (χ4v) is 6.33. The molecule has 5 nitrogen and oxygen atoms in total. The van der Waals surface area contributed by atoms with Crippen molar-refractivity contribution < 1.29 is 0 Å². The number of aliphatic imine (C=N–C) groups is 2. The molecule has 2 N–H and O–H groups in total. The minimum atomic E-state index is 0.992. The number of aromatic nitrogens is 2. The second-order valence-corrected chi connectivity index (χ2v) is 12.4. The zero-order valence-corrected chi connectivity index (χ0v) is 34.2. The summed E-state index contributed by atoms with van der Waals surface area (Å²) in [4.78, 5) is 15.7. The number of hydrogen-bond donors (Lipinski definition) is 1. The molecule has 5 heteroatoms. The van der Waals surface area contributed by atoms with E-state index in [1.165, 1.54) is 79.8 Å². The molecule has 0 fully saturated rings. The van der Waals surface area contributed by atoms with Crippen molar-refractivity contribution in [2.24, 2.45) is 15.7 Å². The number of rotatable bonds is 5. The summed E-state index contributed by atoms with van der Waals surface area (Å²) in [7, 11) is 4.89. The van der Waals surface area contributed by atoms with Crippen LogP contribution in [-0.2, 0) is 0 Å². The molecule has 0 aliphatic heterocycles. The Morgan fingerprint density at radius 1 is 0.589 bits per heavy atom. The molecule has 286 valence electrons. The van der Waals surface area contributed by atoms with Crippen molar-refractivity contribution in [2.75, 3.05) is 21.1 Å². The van der Waals surface area contributed by atoms with Gasteiger partial charge in [-0.25, -0.2) is 0 Å². The molecule has 0 unspecified atom stereocenters. The zero-order valence-electron chi connectivity index (χ0n) is 34.2. The second-order valence-electron chi connectivity index (χ2n) is 12.4. The van der Waals surface area contributed by atoms with Crippen molar-refractivity contribution in [3.63, 3.8) is 0 Å². The number of pyridine rings is 2. The maximum Gasteiger partial charge on any atom is 0.0701 e. The number of benzene rings is 6. The highest BCUT2D eigenvalue weighted by Gasteiger charge is 2.16.